The minimum Gasteiger partial charge on any atom is -0.462 e. The topological polar surface area (TPSA) is 78.9 Å². The first-order chi connectivity index (χ1) is 36.5. The number of allylic oxidation sites excluding steroid dienone is 20. The Kier molecular flexibility index (Phi) is 57.9. The molecule has 0 saturated heterocycles. The van der Waals surface area contributed by atoms with Gasteiger partial charge in [-0.05, 0) is 128 Å². The van der Waals surface area contributed by atoms with Crippen LogP contribution in [0.1, 0.15) is 271 Å². The molecule has 0 aromatic heterocycles. The van der Waals surface area contributed by atoms with Gasteiger partial charge in [0.15, 0.2) is 6.10 Å². The monoisotopic (exact) mass is 1020 g/mol. The summed E-state index contributed by atoms with van der Waals surface area (Å²) in [5.41, 5.74) is 0. The van der Waals surface area contributed by atoms with Crippen molar-refractivity contribution in [3.63, 3.8) is 0 Å². The zero-order valence-electron chi connectivity index (χ0n) is 48.1. The molecule has 6 heteroatoms. The van der Waals surface area contributed by atoms with Crippen LogP contribution in [-0.4, -0.2) is 37.2 Å². The van der Waals surface area contributed by atoms with Crippen LogP contribution in [0, 0.1) is 0 Å². The minimum absolute atomic E-state index is 0.0954. The fourth-order valence-corrected chi connectivity index (χ4v) is 8.16. The molecule has 1 unspecified atom stereocenters. The third-order valence-electron chi connectivity index (χ3n) is 12.7. The van der Waals surface area contributed by atoms with Gasteiger partial charge < -0.3 is 14.2 Å². The molecule has 0 bridgehead atoms. The van der Waals surface area contributed by atoms with Gasteiger partial charge in [-0.15, -0.1) is 0 Å². The fraction of sp³-hybridized carbons (Fsp3) is 0.662. The van der Waals surface area contributed by atoms with Crippen LogP contribution in [0.3, 0.4) is 0 Å². The Labute approximate surface area is 456 Å². The van der Waals surface area contributed by atoms with Crippen molar-refractivity contribution in [2.75, 3.05) is 13.2 Å². The molecule has 0 saturated carbocycles. The largest absolute Gasteiger partial charge is 0.462 e. The molecule has 0 heterocycles. The summed E-state index contributed by atoms with van der Waals surface area (Å²) in [6.45, 7) is 6.38. The van der Waals surface area contributed by atoms with Crippen molar-refractivity contribution >= 4 is 17.9 Å². The first kappa shape index (κ1) is 69.8. The Hall–Kier alpha value is -4.19. The Morgan fingerprint density at radius 2 is 0.527 bits per heavy atom. The highest BCUT2D eigenvalue weighted by Crippen LogP contribution is 2.14. The Bertz CT molecular complexity index is 1550. The van der Waals surface area contributed by atoms with Gasteiger partial charge in [0, 0.05) is 19.3 Å². The van der Waals surface area contributed by atoms with Gasteiger partial charge >= 0.3 is 17.9 Å². The van der Waals surface area contributed by atoms with Gasteiger partial charge in [0.05, 0.1) is 0 Å². The lowest BCUT2D eigenvalue weighted by molar-refractivity contribution is -0.167. The summed E-state index contributed by atoms with van der Waals surface area (Å²) in [6, 6.07) is 0. The van der Waals surface area contributed by atoms with E-state index >= 15 is 0 Å². The van der Waals surface area contributed by atoms with Gasteiger partial charge in [0.1, 0.15) is 13.2 Å². The first-order valence-electron chi connectivity index (χ1n) is 30.5. The van der Waals surface area contributed by atoms with E-state index < -0.39 is 6.10 Å². The molecule has 0 fully saturated rings. The van der Waals surface area contributed by atoms with Crippen molar-refractivity contribution < 1.29 is 28.6 Å². The Morgan fingerprint density at radius 3 is 0.824 bits per heavy atom. The van der Waals surface area contributed by atoms with Gasteiger partial charge in [0.25, 0.3) is 0 Å². The zero-order valence-corrected chi connectivity index (χ0v) is 48.1. The summed E-state index contributed by atoms with van der Waals surface area (Å²) in [6.07, 6.45) is 84.7. The van der Waals surface area contributed by atoms with E-state index in [-0.39, 0.29) is 31.1 Å². The average Bonchev–Trinajstić information content (AvgIpc) is 3.40. The molecule has 74 heavy (non-hydrogen) atoms. The van der Waals surface area contributed by atoms with E-state index in [0.29, 0.717) is 19.3 Å². The highest BCUT2D eigenvalue weighted by atomic mass is 16.6. The number of hydrogen-bond donors (Lipinski definition) is 0. The second-order valence-electron chi connectivity index (χ2n) is 19.8. The van der Waals surface area contributed by atoms with Crippen molar-refractivity contribution in [3.8, 4) is 0 Å². The van der Waals surface area contributed by atoms with Crippen molar-refractivity contribution in [1.29, 1.82) is 0 Å². The van der Waals surface area contributed by atoms with Crippen LogP contribution in [0.15, 0.2) is 122 Å². The van der Waals surface area contributed by atoms with Crippen LogP contribution < -0.4 is 0 Å². The van der Waals surface area contributed by atoms with Crippen molar-refractivity contribution in [2.45, 2.75) is 277 Å². The third kappa shape index (κ3) is 58.7. The third-order valence-corrected chi connectivity index (χ3v) is 12.7. The van der Waals surface area contributed by atoms with E-state index in [1.807, 2.05) is 0 Å². The van der Waals surface area contributed by atoms with E-state index in [4.69, 9.17) is 14.2 Å². The standard InChI is InChI=1S/C68H112O6/c1-4-7-10-13-16-19-22-25-28-31-34-37-40-43-46-49-52-55-58-61-67(70)73-64-65(63-72-66(69)60-57-54-51-48-45-42-39-36-33-30-27-24-21-18-15-12-9-6-3)74-68(71)62-59-56-53-50-47-44-41-38-35-32-29-26-23-20-17-14-11-8-5-2/h7-8,10-11,16-17,19-21,24-26,28-30,33-35,37-38,65H,4-6,9,12-15,18,22-23,27,31-32,36,39-64H2,1-3H3/b10-7-,11-8-,19-16-,20-17-,24-21-,28-25-,29-26-,33-30-,37-34-,38-35-. The molecule has 0 aromatic rings. The molecule has 0 aromatic carbocycles. The second-order valence-corrected chi connectivity index (χ2v) is 19.8. The minimum atomic E-state index is -0.800. The molecule has 420 valence electrons. The number of carbonyl (C=O) groups excluding carboxylic acids is 3. The van der Waals surface area contributed by atoms with E-state index in [9.17, 15) is 14.4 Å². The molecule has 6 nitrogen and oxygen atoms in total. The zero-order chi connectivity index (χ0) is 53.6. The average molecular weight is 1030 g/mol. The lowest BCUT2D eigenvalue weighted by atomic mass is 10.1. The normalized spacial score (nSPS) is 13.0. The number of carbonyl (C=O) groups is 3. The molecule has 0 N–H and O–H groups in total. The molecular weight excluding hydrogens is 913 g/mol. The van der Waals surface area contributed by atoms with Gasteiger partial charge in [-0.25, -0.2) is 0 Å². The number of ether oxygens (including phenoxy) is 3. The van der Waals surface area contributed by atoms with Crippen LogP contribution in [0.2, 0.25) is 0 Å². The van der Waals surface area contributed by atoms with Crippen LogP contribution >= 0.6 is 0 Å². The number of esters is 3. The predicted molar refractivity (Wildman–Crippen MR) is 320 cm³/mol. The summed E-state index contributed by atoms with van der Waals surface area (Å²) in [5, 5.41) is 0. The molecule has 0 aliphatic carbocycles. The lowest BCUT2D eigenvalue weighted by Gasteiger charge is -2.18. The molecule has 0 aliphatic heterocycles. The van der Waals surface area contributed by atoms with Crippen LogP contribution in [0.4, 0.5) is 0 Å². The van der Waals surface area contributed by atoms with Crippen molar-refractivity contribution in [2.24, 2.45) is 0 Å². The van der Waals surface area contributed by atoms with Crippen LogP contribution in [-0.2, 0) is 28.6 Å². The maximum atomic E-state index is 12.9. The second kappa shape index (κ2) is 61.4. The SMILES string of the molecule is CC/C=C\C/C=C\C/C=C\C/C=C\CCCCCCCCC(=O)OCC(COC(=O)CCCCCCCCC/C=C\C/C=C\CCCCCC)OC(=O)CCCCCCCC/C=C\C/C=C\C/C=C\C/C=C\CC. The van der Waals surface area contributed by atoms with Gasteiger partial charge in [0.2, 0.25) is 0 Å². The van der Waals surface area contributed by atoms with Crippen molar-refractivity contribution in [1.82, 2.24) is 0 Å². The van der Waals surface area contributed by atoms with E-state index in [0.717, 1.165) is 148 Å². The smallest absolute Gasteiger partial charge is 0.306 e. The Morgan fingerprint density at radius 1 is 0.284 bits per heavy atom. The maximum Gasteiger partial charge on any atom is 0.306 e. The summed E-state index contributed by atoms with van der Waals surface area (Å²) >= 11 is 0. The highest BCUT2D eigenvalue weighted by molar-refractivity contribution is 5.71. The molecular formula is C68H112O6. The fourth-order valence-electron chi connectivity index (χ4n) is 8.16. The molecule has 0 spiro atoms. The summed E-state index contributed by atoms with van der Waals surface area (Å²) in [5.74, 6) is -0.928. The molecule has 1 atom stereocenters. The summed E-state index contributed by atoms with van der Waals surface area (Å²) < 4.78 is 16.9. The number of rotatable bonds is 54. The Balaban J connectivity index is 4.47. The van der Waals surface area contributed by atoms with E-state index in [1.165, 1.54) is 83.5 Å². The molecule has 0 aliphatic rings. The van der Waals surface area contributed by atoms with Crippen molar-refractivity contribution in [3.05, 3.63) is 122 Å². The van der Waals surface area contributed by atoms with Gasteiger partial charge in [-0.1, -0.05) is 245 Å². The summed E-state index contributed by atoms with van der Waals surface area (Å²) in [4.78, 5) is 38.3. The van der Waals surface area contributed by atoms with Gasteiger partial charge in [-0.2, -0.15) is 0 Å². The maximum absolute atomic E-state index is 12.9. The van der Waals surface area contributed by atoms with Gasteiger partial charge in [-0.3, -0.25) is 14.4 Å². The number of hydrogen-bond acceptors (Lipinski definition) is 6. The van der Waals surface area contributed by atoms with E-state index in [1.54, 1.807) is 0 Å². The predicted octanol–water partition coefficient (Wildman–Crippen LogP) is 20.8. The summed E-state index contributed by atoms with van der Waals surface area (Å²) in [7, 11) is 0. The van der Waals surface area contributed by atoms with Crippen LogP contribution in [0.5, 0.6) is 0 Å². The van der Waals surface area contributed by atoms with E-state index in [2.05, 4.69) is 142 Å². The highest BCUT2D eigenvalue weighted by Gasteiger charge is 2.19. The van der Waals surface area contributed by atoms with Crippen LogP contribution in [0.25, 0.3) is 0 Å². The lowest BCUT2D eigenvalue weighted by Crippen LogP contribution is -2.30. The molecule has 0 radical (unpaired) electrons. The quantitative estimate of drug-likeness (QED) is 0.0261. The number of unbranched alkanes of at least 4 members (excludes halogenated alkanes) is 23. The molecule has 0 amide bonds. The first-order valence-corrected chi connectivity index (χ1v) is 30.5. The molecule has 0 rings (SSSR count).